The molecule has 0 saturated heterocycles. The molecule has 0 aliphatic carbocycles. The summed E-state index contributed by atoms with van der Waals surface area (Å²) in [5, 5.41) is 8.57. The third-order valence-corrected chi connectivity index (χ3v) is 3.06. The van der Waals surface area contributed by atoms with Crippen LogP contribution in [0.25, 0.3) is 0 Å². The van der Waals surface area contributed by atoms with Gasteiger partial charge in [-0.2, -0.15) is 0 Å². The molecule has 0 unspecified atom stereocenters. The van der Waals surface area contributed by atoms with Crippen molar-refractivity contribution in [2.24, 2.45) is 0 Å². The molecule has 0 atom stereocenters. The van der Waals surface area contributed by atoms with E-state index in [2.05, 4.69) is 46.6 Å². The van der Waals surface area contributed by atoms with Crippen LogP contribution in [-0.2, 0) is 11.3 Å². The van der Waals surface area contributed by atoms with Crippen LogP contribution < -0.4 is 0 Å². The molecule has 5 nitrogen and oxygen atoms in total. The predicted octanol–water partition coefficient (Wildman–Crippen LogP) is 2.97. The quantitative estimate of drug-likeness (QED) is 0.616. The molecule has 2 rings (SSSR count). The molecule has 20 heavy (non-hydrogen) atoms. The van der Waals surface area contributed by atoms with E-state index in [9.17, 15) is 4.79 Å². The Hall–Kier alpha value is -1.31. The fraction of sp³-hybridized carbons (Fsp3) is 0.154. The Bertz CT molecular complexity index is 545. The minimum absolute atomic E-state index is 0.0558. The summed E-state index contributed by atoms with van der Waals surface area (Å²) in [6, 6.07) is 6.94. The highest BCUT2D eigenvalue weighted by molar-refractivity contribution is 9.10. The Labute approximate surface area is 133 Å². The first kappa shape index (κ1) is 16.7. The number of carbonyl (C=O) groups excluding carboxylic acids is 1. The lowest BCUT2D eigenvalue weighted by Gasteiger charge is -1.96. The summed E-state index contributed by atoms with van der Waals surface area (Å²) in [5.41, 5.74) is 1.29. The highest BCUT2D eigenvalue weighted by atomic mass is 79.9. The zero-order valence-corrected chi connectivity index (χ0v) is 13.8. The summed E-state index contributed by atoms with van der Waals surface area (Å²) >= 11 is 6.34. The van der Waals surface area contributed by atoms with E-state index in [0.29, 0.717) is 10.2 Å². The van der Waals surface area contributed by atoms with E-state index in [1.54, 1.807) is 24.4 Å². The van der Waals surface area contributed by atoms with Gasteiger partial charge < -0.3 is 9.84 Å². The standard InChI is InChI=1S/C7H6BrNO2.C6H6BrNO/c1-11-7(10)5-2-3-6(8)9-4-5;7-6-2-1-5(4-9)3-8-6/h2-4H,1H3;1-3,9H,4H2. The average Bonchev–Trinajstić information content (AvgIpc) is 2.49. The van der Waals surface area contributed by atoms with Gasteiger partial charge in [0.15, 0.2) is 0 Å². The summed E-state index contributed by atoms with van der Waals surface area (Å²) in [6.45, 7) is 0.0558. The predicted molar refractivity (Wildman–Crippen MR) is 81.1 cm³/mol. The second-order valence-corrected chi connectivity index (χ2v) is 5.13. The summed E-state index contributed by atoms with van der Waals surface area (Å²) in [7, 11) is 1.34. The Balaban J connectivity index is 0.000000204. The molecule has 0 aliphatic heterocycles. The van der Waals surface area contributed by atoms with Gasteiger partial charge in [0.2, 0.25) is 0 Å². The molecular weight excluding hydrogens is 392 g/mol. The molecule has 0 aromatic carbocycles. The van der Waals surface area contributed by atoms with Gasteiger partial charge in [-0.15, -0.1) is 0 Å². The lowest BCUT2D eigenvalue weighted by molar-refractivity contribution is 0.0600. The van der Waals surface area contributed by atoms with Crippen LogP contribution >= 0.6 is 31.9 Å². The number of nitrogens with zero attached hydrogens (tertiary/aromatic N) is 2. The molecule has 0 radical (unpaired) electrons. The number of hydrogen-bond donors (Lipinski definition) is 1. The Morgan fingerprint density at radius 3 is 2.15 bits per heavy atom. The van der Waals surface area contributed by atoms with Gasteiger partial charge in [0.25, 0.3) is 0 Å². The number of carbonyl (C=O) groups is 1. The van der Waals surface area contributed by atoms with Crippen molar-refractivity contribution in [3.8, 4) is 0 Å². The van der Waals surface area contributed by atoms with Crippen molar-refractivity contribution < 1.29 is 14.6 Å². The van der Waals surface area contributed by atoms with Crippen molar-refractivity contribution in [1.82, 2.24) is 9.97 Å². The highest BCUT2D eigenvalue weighted by Crippen LogP contribution is 2.06. The molecule has 2 aromatic heterocycles. The smallest absolute Gasteiger partial charge is 0.339 e. The maximum atomic E-state index is 10.8. The topological polar surface area (TPSA) is 72.3 Å². The summed E-state index contributed by atoms with van der Waals surface area (Å²) in [6.07, 6.45) is 3.08. The van der Waals surface area contributed by atoms with Crippen LogP contribution in [0.3, 0.4) is 0 Å². The Morgan fingerprint density at radius 1 is 1.15 bits per heavy atom. The van der Waals surface area contributed by atoms with E-state index < -0.39 is 0 Å². The number of aromatic nitrogens is 2. The molecule has 1 N–H and O–H groups in total. The number of esters is 1. The number of rotatable bonds is 2. The molecule has 0 bridgehead atoms. The van der Waals surface area contributed by atoms with E-state index in [1.807, 2.05) is 6.07 Å². The maximum Gasteiger partial charge on any atom is 0.339 e. The monoisotopic (exact) mass is 402 g/mol. The number of aliphatic hydroxyl groups excluding tert-OH is 1. The number of ether oxygens (including phenoxy) is 1. The van der Waals surface area contributed by atoms with Crippen molar-refractivity contribution in [2.75, 3.05) is 7.11 Å². The van der Waals surface area contributed by atoms with E-state index in [4.69, 9.17) is 5.11 Å². The van der Waals surface area contributed by atoms with Crippen LogP contribution in [0.1, 0.15) is 15.9 Å². The first-order valence-electron chi connectivity index (χ1n) is 5.48. The minimum Gasteiger partial charge on any atom is -0.465 e. The van der Waals surface area contributed by atoms with Gasteiger partial charge in [0.05, 0.1) is 19.3 Å². The van der Waals surface area contributed by atoms with E-state index in [-0.39, 0.29) is 12.6 Å². The first-order valence-corrected chi connectivity index (χ1v) is 7.06. The zero-order valence-electron chi connectivity index (χ0n) is 10.6. The van der Waals surface area contributed by atoms with Gasteiger partial charge in [-0.25, -0.2) is 14.8 Å². The van der Waals surface area contributed by atoms with Crippen LogP contribution in [0.4, 0.5) is 0 Å². The molecule has 0 fully saturated rings. The fourth-order valence-electron chi connectivity index (χ4n) is 1.11. The van der Waals surface area contributed by atoms with Gasteiger partial charge in [0.1, 0.15) is 9.21 Å². The first-order chi connectivity index (χ1) is 9.56. The largest absolute Gasteiger partial charge is 0.465 e. The van der Waals surface area contributed by atoms with Crippen molar-refractivity contribution in [1.29, 1.82) is 0 Å². The third-order valence-electron chi connectivity index (χ3n) is 2.12. The van der Waals surface area contributed by atoms with Crippen LogP contribution in [0.2, 0.25) is 0 Å². The van der Waals surface area contributed by atoms with Crippen molar-refractivity contribution in [3.05, 3.63) is 57.0 Å². The molecule has 7 heteroatoms. The third kappa shape index (κ3) is 5.77. The second-order valence-electron chi connectivity index (χ2n) is 3.51. The molecule has 2 heterocycles. The Morgan fingerprint density at radius 2 is 1.75 bits per heavy atom. The lowest BCUT2D eigenvalue weighted by atomic mass is 10.3. The van der Waals surface area contributed by atoms with Crippen LogP contribution in [0.15, 0.2) is 45.9 Å². The molecule has 106 valence electrons. The van der Waals surface area contributed by atoms with Crippen molar-refractivity contribution >= 4 is 37.8 Å². The Kier molecular flexibility index (Phi) is 7.35. The number of aliphatic hydroxyl groups is 1. The zero-order chi connectivity index (χ0) is 15.0. The van der Waals surface area contributed by atoms with Crippen LogP contribution in [-0.4, -0.2) is 28.2 Å². The van der Waals surface area contributed by atoms with Crippen LogP contribution in [0, 0.1) is 0 Å². The molecule has 0 saturated carbocycles. The fourth-order valence-corrected chi connectivity index (χ4v) is 1.58. The number of halogens is 2. The van der Waals surface area contributed by atoms with E-state index in [1.165, 1.54) is 13.3 Å². The van der Waals surface area contributed by atoms with Gasteiger partial charge in [-0.05, 0) is 55.6 Å². The molecule has 0 amide bonds. The van der Waals surface area contributed by atoms with Gasteiger partial charge in [-0.1, -0.05) is 6.07 Å². The van der Waals surface area contributed by atoms with Crippen molar-refractivity contribution in [3.63, 3.8) is 0 Å². The average molecular weight is 404 g/mol. The minimum atomic E-state index is -0.370. The number of methoxy groups -OCH3 is 1. The number of hydrogen-bond acceptors (Lipinski definition) is 5. The molecular formula is C13H12Br2N2O3. The SMILES string of the molecule is COC(=O)c1ccc(Br)nc1.OCc1ccc(Br)nc1. The maximum absolute atomic E-state index is 10.8. The van der Waals surface area contributed by atoms with Gasteiger partial charge >= 0.3 is 5.97 Å². The van der Waals surface area contributed by atoms with Gasteiger partial charge in [-0.3, -0.25) is 0 Å². The summed E-state index contributed by atoms with van der Waals surface area (Å²) in [4.78, 5) is 18.6. The molecule has 2 aromatic rings. The summed E-state index contributed by atoms with van der Waals surface area (Å²) < 4.78 is 5.97. The van der Waals surface area contributed by atoms with E-state index >= 15 is 0 Å². The molecule has 0 aliphatic rings. The lowest BCUT2D eigenvalue weighted by Crippen LogP contribution is -2.00. The highest BCUT2D eigenvalue weighted by Gasteiger charge is 2.03. The van der Waals surface area contributed by atoms with E-state index in [0.717, 1.165) is 10.2 Å². The van der Waals surface area contributed by atoms with Crippen LogP contribution in [0.5, 0.6) is 0 Å². The van der Waals surface area contributed by atoms with Crippen molar-refractivity contribution in [2.45, 2.75) is 6.61 Å². The summed E-state index contributed by atoms with van der Waals surface area (Å²) in [5.74, 6) is -0.370. The van der Waals surface area contributed by atoms with Gasteiger partial charge in [0, 0.05) is 12.4 Å². The number of pyridine rings is 2. The second kappa shape index (κ2) is 8.78. The normalized spacial score (nSPS) is 9.40. The molecule has 0 spiro atoms.